The highest BCUT2D eigenvalue weighted by Gasteiger charge is 2.23. The average molecular weight is 404 g/mol. The van der Waals surface area contributed by atoms with Gasteiger partial charge in [-0.1, -0.05) is 32.9 Å². The van der Waals surface area contributed by atoms with Crippen LogP contribution in [0.25, 0.3) is 0 Å². The Labute approximate surface area is 146 Å². The highest BCUT2D eigenvalue weighted by Crippen LogP contribution is 2.27. The van der Waals surface area contributed by atoms with Gasteiger partial charge in [-0.2, -0.15) is 5.10 Å². The zero-order valence-electron chi connectivity index (χ0n) is 13.9. The fourth-order valence-electron chi connectivity index (χ4n) is 1.51. The highest BCUT2D eigenvalue weighted by molar-refractivity contribution is 9.10. The van der Waals surface area contributed by atoms with Crippen LogP contribution in [0.3, 0.4) is 0 Å². The number of anilines is 1. The number of nitrogens with one attached hydrogen (secondary N) is 1. The van der Waals surface area contributed by atoms with Crippen LogP contribution in [0.4, 0.5) is 5.69 Å². The molecule has 0 aliphatic heterocycles. The quantitative estimate of drug-likeness (QED) is 0.606. The summed E-state index contributed by atoms with van der Waals surface area (Å²) in [5, 5.41) is 4.03. The second kappa shape index (κ2) is 7.44. The van der Waals surface area contributed by atoms with Crippen LogP contribution in [0.15, 0.2) is 33.8 Å². The highest BCUT2D eigenvalue weighted by atomic mass is 79.9. The maximum Gasteiger partial charge on any atom is 0.260 e. The number of para-hydroxylation sites is 1. The van der Waals surface area contributed by atoms with Crippen molar-refractivity contribution in [3.63, 3.8) is 0 Å². The minimum atomic E-state index is -3.61. The molecule has 0 saturated carbocycles. The van der Waals surface area contributed by atoms with Gasteiger partial charge >= 0.3 is 0 Å². The van der Waals surface area contributed by atoms with Crippen molar-refractivity contribution in [3.05, 3.63) is 28.7 Å². The Morgan fingerprint density at radius 2 is 1.87 bits per heavy atom. The Morgan fingerprint density at radius 1 is 1.30 bits per heavy atom. The number of amides is 1. The van der Waals surface area contributed by atoms with E-state index in [0.717, 1.165) is 16.3 Å². The number of rotatable bonds is 5. The molecule has 128 valence electrons. The topological polar surface area (TPSA) is 78.8 Å². The van der Waals surface area contributed by atoms with E-state index in [-0.39, 0.29) is 12.0 Å². The molecule has 0 aliphatic carbocycles. The number of sulfonamides is 1. The molecular weight excluding hydrogens is 382 g/mol. The van der Waals surface area contributed by atoms with E-state index in [0.29, 0.717) is 10.2 Å². The van der Waals surface area contributed by atoms with Crippen molar-refractivity contribution in [2.24, 2.45) is 10.5 Å². The SMILES string of the molecule is C/C(=N\NC(=O)CN(c1ccccc1Br)S(C)(=O)=O)C(C)(C)C. The molecule has 8 heteroatoms. The maximum absolute atomic E-state index is 12.1. The molecule has 1 amide bonds. The van der Waals surface area contributed by atoms with Gasteiger partial charge in [0.15, 0.2) is 0 Å². The number of hydrogen-bond donors (Lipinski definition) is 1. The third-order valence-electron chi connectivity index (χ3n) is 3.24. The lowest BCUT2D eigenvalue weighted by Crippen LogP contribution is -2.39. The molecule has 0 unspecified atom stereocenters. The first-order valence-corrected chi connectivity index (χ1v) is 9.63. The first-order chi connectivity index (χ1) is 10.4. The maximum atomic E-state index is 12.1. The van der Waals surface area contributed by atoms with Crippen molar-refractivity contribution in [2.75, 3.05) is 17.1 Å². The van der Waals surface area contributed by atoms with Crippen molar-refractivity contribution in [2.45, 2.75) is 27.7 Å². The van der Waals surface area contributed by atoms with Crippen LogP contribution < -0.4 is 9.73 Å². The Bertz CT molecular complexity index is 709. The van der Waals surface area contributed by atoms with Crippen LogP contribution in [0, 0.1) is 5.41 Å². The van der Waals surface area contributed by atoms with E-state index < -0.39 is 15.9 Å². The fraction of sp³-hybridized carbons (Fsp3) is 0.467. The van der Waals surface area contributed by atoms with Gasteiger partial charge in [-0.3, -0.25) is 9.10 Å². The Balaban J connectivity index is 2.97. The lowest BCUT2D eigenvalue weighted by molar-refractivity contribution is -0.119. The van der Waals surface area contributed by atoms with E-state index in [1.165, 1.54) is 0 Å². The predicted molar refractivity (Wildman–Crippen MR) is 97.0 cm³/mol. The monoisotopic (exact) mass is 403 g/mol. The van der Waals surface area contributed by atoms with Crippen LogP contribution in [-0.2, 0) is 14.8 Å². The van der Waals surface area contributed by atoms with Gasteiger partial charge in [0.2, 0.25) is 10.0 Å². The summed E-state index contributed by atoms with van der Waals surface area (Å²) < 4.78 is 25.6. The van der Waals surface area contributed by atoms with Crippen LogP contribution in [0.5, 0.6) is 0 Å². The number of hydrogen-bond acceptors (Lipinski definition) is 4. The Morgan fingerprint density at radius 3 is 2.35 bits per heavy atom. The minimum absolute atomic E-state index is 0.174. The second-order valence-corrected chi connectivity index (χ2v) is 8.96. The third-order valence-corrected chi connectivity index (χ3v) is 5.04. The van der Waals surface area contributed by atoms with Crippen LogP contribution >= 0.6 is 15.9 Å². The Kier molecular flexibility index (Phi) is 6.35. The molecule has 0 fully saturated rings. The lowest BCUT2D eigenvalue weighted by Gasteiger charge is -2.23. The molecule has 1 N–H and O–H groups in total. The van der Waals surface area contributed by atoms with Crippen molar-refractivity contribution in [1.82, 2.24) is 5.43 Å². The number of carbonyl (C=O) groups excluding carboxylic acids is 1. The van der Waals surface area contributed by atoms with E-state index in [4.69, 9.17) is 0 Å². The summed E-state index contributed by atoms with van der Waals surface area (Å²) in [5.41, 5.74) is 3.39. The molecule has 0 aliphatic rings. The lowest BCUT2D eigenvalue weighted by atomic mass is 9.91. The van der Waals surface area contributed by atoms with Gasteiger partial charge in [-0.25, -0.2) is 13.8 Å². The molecular formula is C15H22BrN3O3S. The van der Waals surface area contributed by atoms with Gasteiger partial charge in [0.1, 0.15) is 6.54 Å². The second-order valence-electron chi connectivity index (χ2n) is 6.20. The van der Waals surface area contributed by atoms with Gasteiger partial charge < -0.3 is 0 Å². The normalized spacial score (nSPS) is 12.9. The standard InChI is InChI=1S/C15H22BrN3O3S/c1-11(15(2,3)4)17-18-14(20)10-19(23(5,21)22)13-9-7-6-8-12(13)16/h6-9H,10H2,1-5H3,(H,18,20)/b17-11+. The summed E-state index contributed by atoms with van der Waals surface area (Å²) in [5.74, 6) is -0.505. The van der Waals surface area contributed by atoms with Crippen LogP contribution in [0.1, 0.15) is 27.7 Å². The van der Waals surface area contributed by atoms with Crippen molar-refractivity contribution < 1.29 is 13.2 Å². The molecule has 0 saturated heterocycles. The largest absolute Gasteiger partial charge is 0.271 e. The molecule has 6 nitrogen and oxygen atoms in total. The van der Waals surface area contributed by atoms with E-state index in [1.54, 1.807) is 24.3 Å². The summed E-state index contributed by atoms with van der Waals surface area (Å²) in [7, 11) is -3.61. The third kappa shape index (κ3) is 5.95. The van der Waals surface area contributed by atoms with Crippen LogP contribution in [0.2, 0.25) is 0 Å². The number of hydrazone groups is 1. The molecule has 0 radical (unpaired) electrons. The summed E-state index contributed by atoms with van der Waals surface area (Å²) in [6.45, 7) is 7.39. The molecule has 1 rings (SSSR count). The van der Waals surface area contributed by atoms with Crippen molar-refractivity contribution in [3.8, 4) is 0 Å². The summed E-state index contributed by atoms with van der Waals surface area (Å²) in [6.07, 6.45) is 1.06. The first-order valence-electron chi connectivity index (χ1n) is 6.99. The van der Waals surface area contributed by atoms with Gasteiger partial charge in [0.25, 0.3) is 5.91 Å². The summed E-state index contributed by atoms with van der Waals surface area (Å²) >= 11 is 3.30. The Hall–Kier alpha value is -1.41. The smallest absolute Gasteiger partial charge is 0.260 e. The predicted octanol–water partition coefficient (Wildman–Crippen LogP) is 2.75. The molecule has 23 heavy (non-hydrogen) atoms. The van der Waals surface area contributed by atoms with E-state index >= 15 is 0 Å². The molecule has 1 aromatic carbocycles. The summed E-state index contributed by atoms with van der Waals surface area (Å²) in [6, 6.07) is 6.82. The van der Waals surface area contributed by atoms with E-state index in [2.05, 4.69) is 26.5 Å². The molecule has 0 atom stereocenters. The van der Waals surface area contributed by atoms with E-state index in [9.17, 15) is 13.2 Å². The van der Waals surface area contributed by atoms with E-state index in [1.807, 2.05) is 27.7 Å². The molecule has 0 aromatic heterocycles. The van der Waals surface area contributed by atoms with Gasteiger partial charge in [0, 0.05) is 15.6 Å². The number of halogens is 1. The van der Waals surface area contributed by atoms with Gasteiger partial charge in [0.05, 0.1) is 11.9 Å². The molecule has 0 spiro atoms. The van der Waals surface area contributed by atoms with Crippen molar-refractivity contribution >= 4 is 43.3 Å². The first kappa shape index (κ1) is 19.6. The minimum Gasteiger partial charge on any atom is -0.271 e. The molecule has 0 heterocycles. The van der Waals surface area contributed by atoms with Crippen LogP contribution in [-0.4, -0.2) is 32.8 Å². The fourth-order valence-corrected chi connectivity index (χ4v) is 3.00. The molecule has 0 bridgehead atoms. The summed E-state index contributed by atoms with van der Waals surface area (Å²) in [4.78, 5) is 12.1. The molecule has 1 aromatic rings. The zero-order valence-corrected chi connectivity index (χ0v) is 16.3. The van der Waals surface area contributed by atoms with Gasteiger partial charge in [-0.05, 0) is 35.0 Å². The number of nitrogens with zero attached hydrogens (tertiary/aromatic N) is 2. The average Bonchev–Trinajstić information content (AvgIpc) is 2.41. The number of benzene rings is 1. The number of carbonyl (C=O) groups is 1. The van der Waals surface area contributed by atoms with Gasteiger partial charge in [-0.15, -0.1) is 0 Å². The van der Waals surface area contributed by atoms with Crippen molar-refractivity contribution in [1.29, 1.82) is 0 Å². The zero-order chi connectivity index (χ0) is 17.8.